The number of rotatable bonds is 3. The van der Waals surface area contributed by atoms with Gasteiger partial charge in [-0.05, 0) is 18.4 Å². The van der Waals surface area contributed by atoms with Crippen molar-refractivity contribution in [2.45, 2.75) is 38.0 Å². The summed E-state index contributed by atoms with van der Waals surface area (Å²) >= 11 is 0. The van der Waals surface area contributed by atoms with E-state index >= 15 is 0 Å². The number of aromatic nitrogens is 2. The van der Waals surface area contributed by atoms with Crippen molar-refractivity contribution < 1.29 is 0 Å². The first kappa shape index (κ1) is 12.3. The Morgan fingerprint density at radius 3 is 2.58 bits per heavy atom. The first-order valence-corrected chi connectivity index (χ1v) is 7.10. The molecule has 1 aliphatic carbocycles. The number of nitrogens with zero attached hydrogens (tertiary/aromatic N) is 2. The molecule has 0 saturated heterocycles. The Morgan fingerprint density at radius 1 is 1.21 bits per heavy atom. The van der Waals surface area contributed by atoms with Crippen LogP contribution in [0.15, 0.2) is 30.3 Å². The maximum absolute atomic E-state index is 6.22. The van der Waals surface area contributed by atoms with Gasteiger partial charge in [-0.15, -0.1) is 0 Å². The number of nitrogens with two attached hydrogens (primary N) is 1. The molecule has 3 heteroatoms. The summed E-state index contributed by atoms with van der Waals surface area (Å²) in [7, 11) is 2.05. The minimum absolute atomic E-state index is 0.608. The highest BCUT2D eigenvalue weighted by Gasteiger charge is 2.23. The summed E-state index contributed by atoms with van der Waals surface area (Å²) in [5.41, 5.74) is 8.51. The Hall–Kier alpha value is -1.77. The molecule has 1 aliphatic rings. The fraction of sp³-hybridized carbons (Fsp3) is 0.438. The molecule has 0 unspecified atom stereocenters. The van der Waals surface area contributed by atoms with E-state index in [1.807, 2.05) is 13.1 Å². The fourth-order valence-electron chi connectivity index (χ4n) is 3.06. The third kappa shape index (κ3) is 2.37. The summed E-state index contributed by atoms with van der Waals surface area (Å²) < 4.78 is 2.09. The quantitative estimate of drug-likeness (QED) is 0.915. The molecule has 0 bridgehead atoms. The van der Waals surface area contributed by atoms with Gasteiger partial charge in [0.2, 0.25) is 0 Å². The van der Waals surface area contributed by atoms with E-state index in [1.165, 1.54) is 37.1 Å². The van der Waals surface area contributed by atoms with Crippen molar-refractivity contribution in [3.8, 4) is 0 Å². The molecule has 0 radical (unpaired) electrons. The van der Waals surface area contributed by atoms with Crippen LogP contribution in [-0.4, -0.2) is 9.55 Å². The monoisotopic (exact) mass is 255 g/mol. The Kier molecular flexibility index (Phi) is 3.28. The lowest BCUT2D eigenvalue weighted by atomic mass is 10.1. The molecule has 100 valence electrons. The molecular formula is C16H21N3. The average molecular weight is 255 g/mol. The standard InChI is InChI=1S/C16H21N3/c1-19-15(17)14(11-12-7-3-2-4-8-12)18-16(19)13-9-5-6-10-13/h2-4,7-8,13H,5-6,9-11,17H2,1H3. The van der Waals surface area contributed by atoms with Crippen LogP contribution in [0.4, 0.5) is 5.82 Å². The molecule has 1 fully saturated rings. The first-order valence-electron chi connectivity index (χ1n) is 7.10. The molecule has 1 aromatic carbocycles. The number of hydrogen-bond acceptors (Lipinski definition) is 2. The van der Waals surface area contributed by atoms with Crippen LogP contribution in [-0.2, 0) is 13.5 Å². The molecule has 0 amide bonds. The Labute approximate surface area is 114 Å². The second-order valence-corrected chi connectivity index (χ2v) is 5.50. The van der Waals surface area contributed by atoms with E-state index in [-0.39, 0.29) is 0 Å². The van der Waals surface area contributed by atoms with Crippen molar-refractivity contribution in [1.29, 1.82) is 0 Å². The zero-order valence-electron chi connectivity index (χ0n) is 11.5. The van der Waals surface area contributed by atoms with Gasteiger partial charge < -0.3 is 10.3 Å². The van der Waals surface area contributed by atoms with Crippen LogP contribution in [0.25, 0.3) is 0 Å². The average Bonchev–Trinajstić information content (AvgIpc) is 3.04. The van der Waals surface area contributed by atoms with Crippen molar-refractivity contribution in [3.05, 3.63) is 47.4 Å². The van der Waals surface area contributed by atoms with E-state index in [9.17, 15) is 0 Å². The number of hydrogen-bond donors (Lipinski definition) is 1. The van der Waals surface area contributed by atoms with E-state index in [1.54, 1.807) is 0 Å². The molecule has 3 nitrogen and oxygen atoms in total. The second-order valence-electron chi connectivity index (χ2n) is 5.50. The molecule has 0 spiro atoms. The van der Waals surface area contributed by atoms with Crippen molar-refractivity contribution >= 4 is 5.82 Å². The number of anilines is 1. The Balaban J connectivity index is 1.88. The van der Waals surface area contributed by atoms with Gasteiger partial charge in [0, 0.05) is 19.4 Å². The van der Waals surface area contributed by atoms with Gasteiger partial charge in [-0.1, -0.05) is 43.2 Å². The number of imidazole rings is 1. The summed E-state index contributed by atoms with van der Waals surface area (Å²) in [6, 6.07) is 10.4. The third-order valence-corrected chi connectivity index (χ3v) is 4.18. The predicted octanol–water partition coefficient (Wildman–Crippen LogP) is 3.25. The molecule has 1 aromatic heterocycles. The lowest BCUT2D eigenvalue weighted by Gasteiger charge is -2.08. The van der Waals surface area contributed by atoms with Gasteiger partial charge in [0.15, 0.2) is 0 Å². The van der Waals surface area contributed by atoms with Crippen LogP contribution in [0.5, 0.6) is 0 Å². The molecular weight excluding hydrogens is 234 g/mol. The molecule has 1 heterocycles. The molecule has 2 aromatic rings. The molecule has 2 N–H and O–H groups in total. The predicted molar refractivity (Wildman–Crippen MR) is 78.1 cm³/mol. The van der Waals surface area contributed by atoms with Crippen LogP contribution >= 0.6 is 0 Å². The van der Waals surface area contributed by atoms with Crippen LogP contribution < -0.4 is 5.73 Å². The van der Waals surface area contributed by atoms with Crippen molar-refractivity contribution in [1.82, 2.24) is 9.55 Å². The Morgan fingerprint density at radius 2 is 1.89 bits per heavy atom. The Bertz CT molecular complexity index is 551. The van der Waals surface area contributed by atoms with E-state index < -0.39 is 0 Å². The number of nitrogen functional groups attached to an aromatic ring is 1. The highest BCUT2D eigenvalue weighted by atomic mass is 15.1. The zero-order chi connectivity index (χ0) is 13.2. The van der Waals surface area contributed by atoms with Gasteiger partial charge in [0.05, 0.1) is 5.69 Å². The first-order chi connectivity index (χ1) is 9.25. The molecule has 19 heavy (non-hydrogen) atoms. The van der Waals surface area contributed by atoms with Crippen molar-refractivity contribution in [2.24, 2.45) is 7.05 Å². The SMILES string of the molecule is Cn1c(C2CCCC2)nc(Cc2ccccc2)c1N. The smallest absolute Gasteiger partial charge is 0.126 e. The largest absolute Gasteiger partial charge is 0.384 e. The van der Waals surface area contributed by atoms with Gasteiger partial charge in [-0.3, -0.25) is 0 Å². The van der Waals surface area contributed by atoms with Gasteiger partial charge in [-0.2, -0.15) is 0 Å². The van der Waals surface area contributed by atoms with Crippen molar-refractivity contribution in [3.63, 3.8) is 0 Å². The summed E-state index contributed by atoms with van der Waals surface area (Å²) in [6.07, 6.45) is 5.99. The second kappa shape index (κ2) is 5.08. The molecule has 0 atom stereocenters. The maximum atomic E-state index is 6.22. The third-order valence-electron chi connectivity index (χ3n) is 4.18. The lowest BCUT2D eigenvalue weighted by molar-refractivity contribution is 0.634. The molecule has 1 saturated carbocycles. The van der Waals surface area contributed by atoms with Crippen LogP contribution in [0.2, 0.25) is 0 Å². The fourth-order valence-corrected chi connectivity index (χ4v) is 3.06. The normalized spacial score (nSPS) is 16.1. The van der Waals surface area contributed by atoms with Crippen LogP contribution in [0.1, 0.15) is 48.7 Å². The van der Waals surface area contributed by atoms with Gasteiger partial charge in [-0.25, -0.2) is 4.98 Å². The minimum Gasteiger partial charge on any atom is -0.384 e. The van der Waals surface area contributed by atoms with E-state index in [0.717, 1.165) is 17.9 Å². The summed E-state index contributed by atoms with van der Waals surface area (Å²) in [6.45, 7) is 0. The molecule has 0 aliphatic heterocycles. The van der Waals surface area contributed by atoms with Gasteiger partial charge >= 0.3 is 0 Å². The minimum atomic E-state index is 0.608. The van der Waals surface area contributed by atoms with E-state index in [2.05, 4.69) is 28.8 Å². The van der Waals surface area contributed by atoms with Gasteiger partial charge in [0.25, 0.3) is 0 Å². The van der Waals surface area contributed by atoms with Crippen LogP contribution in [0, 0.1) is 0 Å². The van der Waals surface area contributed by atoms with E-state index in [0.29, 0.717) is 5.92 Å². The lowest BCUT2D eigenvalue weighted by Crippen LogP contribution is -2.05. The summed E-state index contributed by atoms with van der Waals surface area (Å²) in [5, 5.41) is 0. The number of benzene rings is 1. The summed E-state index contributed by atoms with van der Waals surface area (Å²) in [4.78, 5) is 4.82. The highest BCUT2D eigenvalue weighted by Crippen LogP contribution is 2.34. The van der Waals surface area contributed by atoms with Crippen molar-refractivity contribution in [2.75, 3.05) is 5.73 Å². The van der Waals surface area contributed by atoms with Crippen LogP contribution in [0.3, 0.4) is 0 Å². The van der Waals surface area contributed by atoms with E-state index in [4.69, 9.17) is 10.7 Å². The maximum Gasteiger partial charge on any atom is 0.126 e. The highest BCUT2D eigenvalue weighted by molar-refractivity contribution is 5.41. The summed E-state index contributed by atoms with van der Waals surface area (Å²) in [5.74, 6) is 2.61. The zero-order valence-corrected chi connectivity index (χ0v) is 11.5. The topological polar surface area (TPSA) is 43.8 Å². The molecule has 3 rings (SSSR count). The van der Waals surface area contributed by atoms with Gasteiger partial charge in [0.1, 0.15) is 11.6 Å².